The topological polar surface area (TPSA) is 91.4 Å². The summed E-state index contributed by atoms with van der Waals surface area (Å²) in [6.45, 7) is 7.58. The fourth-order valence-corrected chi connectivity index (χ4v) is 2.54. The first-order valence-electron chi connectivity index (χ1n) is 8.58. The van der Waals surface area contributed by atoms with Crippen molar-refractivity contribution in [2.75, 3.05) is 10.6 Å². The molecule has 1 unspecified atom stereocenters. The van der Waals surface area contributed by atoms with Gasteiger partial charge in [0, 0.05) is 23.4 Å². The highest BCUT2D eigenvalue weighted by Gasteiger charge is 2.14. The van der Waals surface area contributed by atoms with Crippen LogP contribution in [0.3, 0.4) is 0 Å². The van der Waals surface area contributed by atoms with E-state index in [9.17, 15) is 8.78 Å². The normalized spacial score (nSPS) is 12.3. The Labute approximate surface area is 155 Å². The maximum atomic E-state index is 14.0. The number of H-pyrrole nitrogens is 1. The molecule has 0 spiro atoms. The highest BCUT2D eigenvalue weighted by Crippen LogP contribution is 2.22. The molecule has 0 amide bonds. The van der Waals surface area contributed by atoms with Crippen molar-refractivity contribution in [1.29, 1.82) is 0 Å². The third-order valence-electron chi connectivity index (χ3n) is 3.98. The summed E-state index contributed by atoms with van der Waals surface area (Å²) in [6, 6.07) is 4.88. The highest BCUT2D eigenvalue weighted by molar-refractivity contribution is 5.50. The summed E-state index contributed by atoms with van der Waals surface area (Å²) < 4.78 is 27.1. The lowest BCUT2D eigenvalue weighted by Crippen LogP contribution is -2.13. The summed E-state index contributed by atoms with van der Waals surface area (Å²) in [7, 11) is 0. The largest absolute Gasteiger partial charge is 0.347 e. The van der Waals surface area contributed by atoms with Gasteiger partial charge < -0.3 is 10.6 Å². The number of nitrogens with zero attached hydrogens (tertiary/aromatic N) is 4. The van der Waals surface area contributed by atoms with Crippen molar-refractivity contribution >= 4 is 17.7 Å². The van der Waals surface area contributed by atoms with Gasteiger partial charge in [-0.1, -0.05) is 19.9 Å². The first kappa shape index (κ1) is 18.7. The van der Waals surface area contributed by atoms with Crippen LogP contribution in [-0.4, -0.2) is 25.1 Å². The Morgan fingerprint density at radius 3 is 2.41 bits per heavy atom. The fourth-order valence-electron chi connectivity index (χ4n) is 2.54. The number of rotatable bonds is 6. The van der Waals surface area contributed by atoms with Crippen LogP contribution in [-0.2, 0) is 0 Å². The van der Waals surface area contributed by atoms with Crippen LogP contribution in [0.25, 0.3) is 0 Å². The van der Waals surface area contributed by atoms with Crippen LogP contribution in [0.2, 0.25) is 0 Å². The third kappa shape index (κ3) is 4.55. The molecule has 142 valence electrons. The molecule has 7 nitrogen and oxygen atoms in total. The predicted molar refractivity (Wildman–Crippen MR) is 98.9 cm³/mol. The first-order chi connectivity index (χ1) is 12.8. The predicted octanol–water partition coefficient (Wildman–Crippen LogP) is 4.22. The van der Waals surface area contributed by atoms with E-state index in [1.165, 1.54) is 12.1 Å². The van der Waals surface area contributed by atoms with Crippen LogP contribution < -0.4 is 10.6 Å². The minimum atomic E-state index is -0.628. The van der Waals surface area contributed by atoms with Crippen molar-refractivity contribution < 1.29 is 8.78 Å². The summed E-state index contributed by atoms with van der Waals surface area (Å²) in [6.07, 6.45) is 0. The van der Waals surface area contributed by atoms with Crippen molar-refractivity contribution in [3.8, 4) is 0 Å². The number of aromatic amines is 1. The molecule has 2 aromatic heterocycles. The zero-order valence-corrected chi connectivity index (χ0v) is 15.5. The molecule has 1 atom stereocenters. The van der Waals surface area contributed by atoms with E-state index in [4.69, 9.17) is 0 Å². The number of halogens is 2. The Morgan fingerprint density at radius 1 is 1.00 bits per heavy atom. The molecule has 0 saturated carbocycles. The number of aromatic nitrogens is 5. The van der Waals surface area contributed by atoms with Crippen LogP contribution >= 0.6 is 0 Å². The maximum Gasteiger partial charge on any atom is 0.233 e. The standard InChI is InChI=1S/C18H21F2N7/c1-9(2)15-8-16(27-26-15)24-18-23-11(4)22-17(25-18)21-10(3)13-6-5-12(19)7-14(13)20/h5-10H,1-4H3,(H3,21,22,23,24,25,26,27). The van der Waals surface area contributed by atoms with E-state index in [0.717, 1.165) is 11.8 Å². The molecule has 0 aliphatic heterocycles. The van der Waals surface area contributed by atoms with Gasteiger partial charge in [-0.25, -0.2) is 8.78 Å². The average Bonchev–Trinajstić information content (AvgIpc) is 3.02. The molecule has 0 radical (unpaired) electrons. The van der Waals surface area contributed by atoms with E-state index in [0.29, 0.717) is 29.1 Å². The monoisotopic (exact) mass is 373 g/mol. The smallest absolute Gasteiger partial charge is 0.233 e. The lowest BCUT2D eigenvalue weighted by atomic mass is 10.1. The Balaban J connectivity index is 1.78. The molecule has 3 rings (SSSR count). The highest BCUT2D eigenvalue weighted by atomic mass is 19.1. The average molecular weight is 373 g/mol. The van der Waals surface area contributed by atoms with E-state index in [1.807, 2.05) is 6.07 Å². The zero-order valence-electron chi connectivity index (χ0n) is 15.5. The summed E-state index contributed by atoms with van der Waals surface area (Å²) in [5, 5.41) is 13.2. The molecule has 1 aromatic carbocycles. The minimum absolute atomic E-state index is 0.279. The lowest BCUT2D eigenvalue weighted by molar-refractivity contribution is 0.566. The van der Waals surface area contributed by atoms with Crippen molar-refractivity contribution in [2.24, 2.45) is 0 Å². The van der Waals surface area contributed by atoms with Crippen LogP contribution in [0.4, 0.5) is 26.5 Å². The van der Waals surface area contributed by atoms with Gasteiger partial charge in [0.15, 0.2) is 5.82 Å². The fraction of sp³-hybridized carbons (Fsp3) is 0.333. The molecule has 0 saturated heterocycles. The van der Waals surface area contributed by atoms with Gasteiger partial charge in [0.05, 0.1) is 6.04 Å². The molecular weight excluding hydrogens is 352 g/mol. The molecule has 0 aliphatic carbocycles. The van der Waals surface area contributed by atoms with Gasteiger partial charge in [0.1, 0.15) is 17.5 Å². The van der Waals surface area contributed by atoms with E-state index < -0.39 is 17.7 Å². The van der Waals surface area contributed by atoms with Crippen molar-refractivity contribution in [1.82, 2.24) is 25.1 Å². The number of aryl methyl sites for hydroxylation is 1. The third-order valence-corrected chi connectivity index (χ3v) is 3.98. The van der Waals surface area contributed by atoms with Gasteiger partial charge in [-0.2, -0.15) is 20.1 Å². The molecule has 0 bridgehead atoms. The second-order valence-electron chi connectivity index (χ2n) is 6.55. The number of anilines is 3. The van der Waals surface area contributed by atoms with Gasteiger partial charge in [0.25, 0.3) is 0 Å². The molecule has 9 heteroatoms. The first-order valence-corrected chi connectivity index (χ1v) is 8.58. The quantitative estimate of drug-likeness (QED) is 0.599. The van der Waals surface area contributed by atoms with Gasteiger partial charge in [0.2, 0.25) is 11.9 Å². The van der Waals surface area contributed by atoms with E-state index >= 15 is 0 Å². The Morgan fingerprint density at radius 2 is 1.74 bits per heavy atom. The van der Waals surface area contributed by atoms with Crippen molar-refractivity contribution in [2.45, 2.75) is 39.7 Å². The van der Waals surface area contributed by atoms with E-state index in [2.05, 4.69) is 49.6 Å². The Bertz CT molecular complexity index is 939. The SMILES string of the molecule is Cc1nc(Nc2cc(C(C)C)[nH]n2)nc(NC(C)c2ccc(F)cc2F)n1. The number of benzene rings is 1. The number of nitrogens with one attached hydrogen (secondary N) is 3. The van der Waals surface area contributed by atoms with Crippen LogP contribution in [0.1, 0.15) is 49.8 Å². The molecule has 27 heavy (non-hydrogen) atoms. The Hall–Kier alpha value is -3.10. The Kier molecular flexibility index (Phi) is 5.29. The van der Waals surface area contributed by atoms with E-state index in [-0.39, 0.29) is 5.95 Å². The van der Waals surface area contributed by atoms with Crippen LogP contribution in [0, 0.1) is 18.6 Å². The molecule has 0 aliphatic rings. The van der Waals surface area contributed by atoms with Gasteiger partial charge in [-0.05, 0) is 25.8 Å². The zero-order chi connectivity index (χ0) is 19.6. The summed E-state index contributed by atoms with van der Waals surface area (Å²) in [5.74, 6) is 0.744. The van der Waals surface area contributed by atoms with Gasteiger partial charge in [-0.15, -0.1) is 0 Å². The lowest BCUT2D eigenvalue weighted by Gasteiger charge is -2.15. The van der Waals surface area contributed by atoms with E-state index in [1.54, 1.807) is 13.8 Å². The van der Waals surface area contributed by atoms with Crippen LogP contribution in [0.5, 0.6) is 0 Å². The second-order valence-corrected chi connectivity index (χ2v) is 6.55. The maximum absolute atomic E-state index is 14.0. The minimum Gasteiger partial charge on any atom is -0.347 e. The summed E-state index contributed by atoms with van der Waals surface area (Å²) in [5.41, 5.74) is 1.31. The van der Waals surface area contributed by atoms with Gasteiger partial charge in [-0.3, -0.25) is 5.10 Å². The second kappa shape index (κ2) is 7.65. The molecule has 2 heterocycles. The van der Waals surface area contributed by atoms with Gasteiger partial charge >= 0.3 is 0 Å². The molecule has 3 N–H and O–H groups in total. The number of hydrogen-bond acceptors (Lipinski definition) is 6. The molecule has 3 aromatic rings. The van der Waals surface area contributed by atoms with Crippen molar-refractivity contribution in [3.05, 3.63) is 53.0 Å². The molecular formula is C18H21F2N7. The van der Waals surface area contributed by atoms with Crippen LogP contribution in [0.15, 0.2) is 24.3 Å². The summed E-state index contributed by atoms with van der Waals surface area (Å²) >= 11 is 0. The number of hydrogen-bond donors (Lipinski definition) is 3. The summed E-state index contributed by atoms with van der Waals surface area (Å²) in [4.78, 5) is 12.8. The molecule has 0 fully saturated rings. The van der Waals surface area contributed by atoms with Crippen molar-refractivity contribution in [3.63, 3.8) is 0 Å².